The van der Waals surface area contributed by atoms with E-state index >= 15 is 0 Å². The van der Waals surface area contributed by atoms with Gasteiger partial charge in [-0.2, -0.15) is 10.2 Å². The van der Waals surface area contributed by atoms with Crippen LogP contribution in [0.5, 0.6) is 11.5 Å². The number of halogens is 1. The first-order valence-electron chi connectivity index (χ1n) is 11.4. The van der Waals surface area contributed by atoms with Crippen LogP contribution < -0.4 is 20.6 Å². The maximum absolute atomic E-state index is 12.5. The molecule has 0 spiro atoms. The van der Waals surface area contributed by atoms with Gasteiger partial charge in [0.25, 0.3) is 5.91 Å². The van der Waals surface area contributed by atoms with Crippen molar-refractivity contribution in [3.8, 4) is 11.5 Å². The summed E-state index contributed by atoms with van der Waals surface area (Å²) in [5, 5.41) is 19.3. The van der Waals surface area contributed by atoms with E-state index in [0.29, 0.717) is 28.7 Å². The van der Waals surface area contributed by atoms with Gasteiger partial charge in [0, 0.05) is 11.1 Å². The number of hydrogen-bond acceptors (Lipinski definition) is 7. The molecule has 1 heterocycles. The third-order valence-corrected chi connectivity index (χ3v) is 5.70. The third kappa shape index (κ3) is 6.87. The van der Waals surface area contributed by atoms with E-state index in [1.54, 1.807) is 49.6 Å². The van der Waals surface area contributed by atoms with E-state index in [1.807, 2.05) is 30.3 Å². The first-order valence-corrected chi connectivity index (χ1v) is 11.8. The Morgan fingerprint density at radius 1 is 1.14 bits per heavy atom. The molecule has 10 heteroatoms. The van der Waals surface area contributed by atoms with Crippen LogP contribution in [0.1, 0.15) is 33.3 Å². The van der Waals surface area contributed by atoms with E-state index in [9.17, 15) is 9.90 Å². The predicted octanol–water partition coefficient (Wildman–Crippen LogP) is 4.20. The number of carbonyl (C=O) groups excluding carboxylic acids is 1. The van der Waals surface area contributed by atoms with Gasteiger partial charge in [0.2, 0.25) is 0 Å². The number of nitrogen functional groups attached to an aromatic ring is 1. The number of aromatic nitrogens is 2. The number of hydrogen-bond donors (Lipinski definition) is 3. The average Bonchev–Trinajstić information content (AvgIpc) is 3.29. The highest BCUT2D eigenvalue weighted by molar-refractivity contribution is 6.30. The fourth-order valence-corrected chi connectivity index (χ4v) is 3.61. The summed E-state index contributed by atoms with van der Waals surface area (Å²) >= 11 is 5.92. The fraction of sp³-hybridized carbons (Fsp3) is 0.148. The van der Waals surface area contributed by atoms with Gasteiger partial charge in [0.05, 0.1) is 26.0 Å². The van der Waals surface area contributed by atoms with Gasteiger partial charge in [-0.25, -0.2) is 10.1 Å². The van der Waals surface area contributed by atoms with E-state index in [1.165, 1.54) is 17.0 Å². The Kier molecular flexibility index (Phi) is 8.40. The molecule has 0 aliphatic rings. The molecule has 1 amide bonds. The quantitative estimate of drug-likeness (QED) is 0.213. The van der Waals surface area contributed by atoms with Gasteiger partial charge >= 0.3 is 0 Å². The molecular weight excluding hydrogens is 494 g/mol. The molecule has 3 aromatic carbocycles. The topological polar surface area (TPSA) is 124 Å². The lowest BCUT2D eigenvalue weighted by Gasteiger charge is -2.11. The molecule has 1 aromatic heterocycles. The minimum atomic E-state index is -0.814. The van der Waals surface area contributed by atoms with E-state index in [4.69, 9.17) is 26.8 Å². The molecule has 4 rings (SSSR count). The Morgan fingerprint density at radius 3 is 2.62 bits per heavy atom. The Hall–Kier alpha value is -4.34. The SMILES string of the molecule is COc1cc(/C=N/NC(=O)c2cc(N)n(CC(O)c3ccccc3)n2)ccc1OCc1ccc(Cl)cc1. The van der Waals surface area contributed by atoms with Crippen LogP contribution in [0, 0.1) is 0 Å². The van der Waals surface area contributed by atoms with Crippen molar-refractivity contribution in [2.45, 2.75) is 19.3 Å². The van der Waals surface area contributed by atoms with Gasteiger partial charge in [-0.15, -0.1) is 0 Å². The van der Waals surface area contributed by atoms with Crippen molar-refractivity contribution >= 4 is 29.5 Å². The lowest BCUT2D eigenvalue weighted by atomic mass is 10.1. The summed E-state index contributed by atoms with van der Waals surface area (Å²) in [6.07, 6.45) is 0.661. The molecular formula is C27H26ClN5O4. The molecule has 1 unspecified atom stereocenters. The van der Waals surface area contributed by atoms with Crippen molar-refractivity contribution < 1.29 is 19.4 Å². The normalized spacial score (nSPS) is 11.9. The number of ether oxygens (including phenoxy) is 2. The number of anilines is 1. The van der Waals surface area contributed by atoms with Gasteiger partial charge in [0.1, 0.15) is 12.4 Å². The monoisotopic (exact) mass is 519 g/mol. The number of rotatable bonds is 10. The summed E-state index contributed by atoms with van der Waals surface area (Å²) in [4.78, 5) is 12.5. The second kappa shape index (κ2) is 12.1. The number of nitrogens with two attached hydrogens (primary N) is 1. The van der Waals surface area contributed by atoms with Crippen molar-refractivity contribution in [3.05, 3.63) is 106 Å². The zero-order valence-electron chi connectivity index (χ0n) is 20.0. The smallest absolute Gasteiger partial charge is 0.291 e. The summed E-state index contributed by atoms with van der Waals surface area (Å²) in [6.45, 7) is 0.466. The molecule has 0 saturated heterocycles. The molecule has 9 nitrogen and oxygen atoms in total. The Morgan fingerprint density at radius 2 is 1.89 bits per heavy atom. The molecule has 190 valence electrons. The Labute approximate surface area is 219 Å². The van der Waals surface area contributed by atoms with Gasteiger partial charge in [-0.3, -0.25) is 4.79 Å². The molecule has 0 radical (unpaired) electrons. The second-order valence-electron chi connectivity index (χ2n) is 8.09. The maximum Gasteiger partial charge on any atom is 0.291 e. The average molecular weight is 520 g/mol. The first-order chi connectivity index (χ1) is 17.9. The lowest BCUT2D eigenvalue weighted by molar-refractivity contribution is 0.0947. The molecule has 4 N–H and O–H groups in total. The zero-order valence-corrected chi connectivity index (χ0v) is 20.8. The summed E-state index contributed by atoms with van der Waals surface area (Å²) in [5.41, 5.74) is 10.9. The molecule has 0 saturated carbocycles. The minimum Gasteiger partial charge on any atom is -0.493 e. The highest BCUT2D eigenvalue weighted by Crippen LogP contribution is 2.28. The highest BCUT2D eigenvalue weighted by atomic mass is 35.5. The van der Waals surface area contributed by atoms with E-state index < -0.39 is 12.0 Å². The second-order valence-corrected chi connectivity index (χ2v) is 8.52. The van der Waals surface area contributed by atoms with Crippen LogP contribution in [0.3, 0.4) is 0 Å². The molecule has 0 aliphatic heterocycles. The van der Waals surface area contributed by atoms with Gasteiger partial charge in [0.15, 0.2) is 17.2 Å². The standard InChI is InChI=1S/C27H26ClN5O4/c1-36-25-13-19(9-12-24(25)37-17-18-7-10-21(28)11-8-18)15-30-31-27(35)22-14-26(29)33(32-22)16-23(34)20-5-3-2-4-6-20/h2-15,23,34H,16-17,29H2,1H3,(H,31,35)/b30-15+. The number of benzene rings is 3. The Balaban J connectivity index is 1.34. The Bertz CT molecular complexity index is 1370. The number of aliphatic hydroxyl groups is 1. The predicted molar refractivity (Wildman–Crippen MR) is 142 cm³/mol. The third-order valence-electron chi connectivity index (χ3n) is 5.45. The summed E-state index contributed by atoms with van der Waals surface area (Å²) < 4.78 is 12.7. The van der Waals surface area contributed by atoms with Crippen molar-refractivity contribution in [2.24, 2.45) is 5.10 Å². The van der Waals surface area contributed by atoms with Crippen molar-refractivity contribution in [3.63, 3.8) is 0 Å². The van der Waals surface area contributed by atoms with Crippen LogP contribution in [0.25, 0.3) is 0 Å². The minimum absolute atomic E-state index is 0.0819. The van der Waals surface area contributed by atoms with Gasteiger partial charge in [-0.05, 0) is 47.0 Å². The van der Waals surface area contributed by atoms with Gasteiger partial charge < -0.3 is 20.3 Å². The van der Waals surface area contributed by atoms with Crippen LogP contribution in [0.2, 0.25) is 5.02 Å². The van der Waals surface area contributed by atoms with Crippen LogP contribution in [-0.2, 0) is 13.2 Å². The van der Waals surface area contributed by atoms with Crippen molar-refractivity contribution in [2.75, 3.05) is 12.8 Å². The summed E-state index contributed by atoms with van der Waals surface area (Å²) in [7, 11) is 1.54. The summed E-state index contributed by atoms with van der Waals surface area (Å²) in [6, 6.07) is 23.2. The molecule has 37 heavy (non-hydrogen) atoms. The molecule has 0 aliphatic carbocycles. The van der Waals surface area contributed by atoms with Crippen LogP contribution in [0.4, 0.5) is 5.82 Å². The number of carbonyl (C=O) groups is 1. The van der Waals surface area contributed by atoms with Gasteiger partial charge in [-0.1, -0.05) is 54.1 Å². The molecule has 0 bridgehead atoms. The number of nitrogens with zero attached hydrogens (tertiary/aromatic N) is 3. The lowest BCUT2D eigenvalue weighted by Crippen LogP contribution is -2.19. The largest absolute Gasteiger partial charge is 0.493 e. The highest BCUT2D eigenvalue weighted by Gasteiger charge is 2.16. The molecule has 4 aromatic rings. The van der Waals surface area contributed by atoms with E-state index in [2.05, 4.69) is 15.6 Å². The van der Waals surface area contributed by atoms with Crippen LogP contribution >= 0.6 is 11.6 Å². The fourth-order valence-electron chi connectivity index (χ4n) is 3.48. The molecule has 1 atom stereocenters. The van der Waals surface area contributed by atoms with E-state index in [0.717, 1.165) is 11.1 Å². The number of amides is 1. The summed E-state index contributed by atoms with van der Waals surface area (Å²) in [5.74, 6) is 0.805. The van der Waals surface area contributed by atoms with E-state index in [-0.39, 0.29) is 18.1 Å². The number of methoxy groups -OCH3 is 1. The number of aliphatic hydroxyl groups excluding tert-OH is 1. The van der Waals surface area contributed by atoms with Crippen LogP contribution in [0.15, 0.2) is 84.0 Å². The van der Waals surface area contributed by atoms with Crippen molar-refractivity contribution in [1.29, 1.82) is 0 Å². The zero-order chi connectivity index (χ0) is 26.2. The van der Waals surface area contributed by atoms with Crippen LogP contribution in [-0.4, -0.2) is 34.1 Å². The van der Waals surface area contributed by atoms with Crippen molar-refractivity contribution in [1.82, 2.24) is 15.2 Å². The maximum atomic E-state index is 12.5. The number of hydrazone groups is 1. The number of nitrogens with one attached hydrogen (secondary N) is 1. The molecule has 0 fully saturated rings. The first kappa shape index (κ1) is 25.7.